The molecule has 0 atom stereocenters. The number of fused-ring (bicyclic) bond motifs is 5. The first-order valence-corrected chi connectivity index (χ1v) is 6.44. The third-order valence-corrected chi connectivity index (χ3v) is 4.13. The zero-order valence-corrected chi connectivity index (χ0v) is 10.1. The highest BCUT2D eigenvalue weighted by Gasteiger charge is 2.09. The summed E-state index contributed by atoms with van der Waals surface area (Å²) in [5.74, 6) is 0. The predicted molar refractivity (Wildman–Crippen MR) is 74.4 cm³/mol. The number of benzene rings is 1. The summed E-state index contributed by atoms with van der Waals surface area (Å²) in [5, 5.41) is 0.665. The quantitative estimate of drug-likeness (QED) is 0.482. The Hall–Kier alpha value is -2.20. The topological polar surface area (TPSA) is 34.4 Å². The molecule has 4 rings (SSSR count). The van der Waals surface area contributed by atoms with Gasteiger partial charge < -0.3 is 0 Å². The van der Waals surface area contributed by atoms with Crippen LogP contribution in [0.25, 0.3) is 26.1 Å². The molecule has 0 saturated heterocycles. The van der Waals surface area contributed by atoms with Crippen LogP contribution in [0.1, 0.15) is 0 Å². The van der Waals surface area contributed by atoms with Crippen LogP contribution < -0.4 is 5.43 Å². The summed E-state index contributed by atoms with van der Waals surface area (Å²) < 4.78 is 3.21. The molecule has 0 radical (unpaired) electrons. The number of nitrogens with zero attached hydrogens (tertiary/aromatic N) is 2. The van der Waals surface area contributed by atoms with Crippen molar-refractivity contribution in [2.75, 3.05) is 0 Å². The van der Waals surface area contributed by atoms with Crippen LogP contribution in [0.2, 0.25) is 0 Å². The van der Waals surface area contributed by atoms with Gasteiger partial charge in [-0.15, -0.1) is 11.3 Å². The number of aromatic nitrogens is 2. The highest BCUT2D eigenvalue weighted by molar-refractivity contribution is 7.24. The molecule has 3 heterocycles. The van der Waals surface area contributed by atoms with Crippen molar-refractivity contribution in [1.29, 1.82) is 0 Å². The molecule has 0 saturated carbocycles. The molecule has 0 unspecified atom stereocenters. The maximum absolute atomic E-state index is 12.0. The summed E-state index contributed by atoms with van der Waals surface area (Å²) in [5.41, 5.74) is 1.86. The summed E-state index contributed by atoms with van der Waals surface area (Å²) in [7, 11) is 0. The first kappa shape index (κ1) is 9.79. The van der Waals surface area contributed by atoms with Gasteiger partial charge >= 0.3 is 0 Å². The number of rotatable bonds is 0. The van der Waals surface area contributed by atoms with Crippen molar-refractivity contribution in [2.24, 2.45) is 0 Å². The lowest BCUT2D eigenvalue weighted by Crippen LogP contribution is -2.04. The molecule has 3 nitrogen and oxygen atoms in total. The van der Waals surface area contributed by atoms with E-state index in [2.05, 4.69) is 21.5 Å². The van der Waals surface area contributed by atoms with Crippen LogP contribution in [0.3, 0.4) is 0 Å². The molecule has 0 spiro atoms. The lowest BCUT2D eigenvalue weighted by Gasteiger charge is -2.00. The van der Waals surface area contributed by atoms with Gasteiger partial charge in [-0.25, -0.2) is 4.98 Å². The number of hydrogen-bond acceptors (Lipinski definition) is 3. The van der Waals surface area contributed by atoms with Gasteiger partial charge in [-0.2, -0.15) is 0 Å². The molecule has 1 aromatic carbocycles. The van der Waals surface area contributed by atoms with Crippen molar-refractivity contribution in [3.63, 3.8) is 0 Å². The summed E-state index contributed by atoms with van der Waals surface area (Å²) >= 11 is 1.61. The molecule has 0 aliphatic carbocycles. The number of para-hydroxylation sites is 1. The van der Waals surface area contributed by atoms with E-state index in [-0.39, 0.29) is 5.43 Å². The fourth-order valence-electron chi connectivity index (χ4n) is 2.28. The summed E-state index contributed by atoms with van der Waals surface area (Å²) in [6.07, 6.45) is 1.72. The fraction of sp³-hybridized carbons (Fsp3) is 0. The molecule has 0 bridgehead atoms. The zero-order valence-electron chi connectivity index (χ0n) is 9.33. The van der Waals surface area contributed by atoms with E-state index in [1.165, 1.54) is 0 Å². The van der Waals surface area contributed by atoms with Crippen molar-refractivity contribution in [1.82, 2.24) is 9.38 Å². The highest BCUT2D eigenvalue weighted by Crippen LogP contribution is 2.27. The molecule has 0 aliphatic rings. The first-order chi connectivity index (χ1) is 8.84. The number of thiazole rings is 1. The van der Waals surface area contributed by atoms with E-state index in [4.69, 9.17) is 0 Å². The number of pyridine rings is 2. The van der Waals surface area contributed by atoms with Gasteiger partial charge in [0.05, 0.1) is 15.6 Å². The van der Waals surface area contributed by atoms with Gasteiger partial charge in [-0.3, -0.25) is 9.20 Å². The molecule has 86 valence electrons. The van der Waals surface area contributed by atoms with Crippen LogP contribution >= 0.6 is 11.3 Å². The van der Waals surface area contributed by atoms with Crippen LogP contribution in [0, 0.1) is 0 Å². The Labute approximate surface area is 106 Å². The minimum absolute atomic E-state index is 0.0321. The van der Waals surface area contributed by atoms with Crippen molar-refractivity contribution in [3.05, 3.63) is 58.9 Å². The van der Waals surface area contributed by atoms with Gasteiger partial charge in [0.1, 0.15) is 10.5 Å². The van der Waals surface area contributed by atoms with E-state index < -0.39 is 0 Å². The van der Waals surface area contributed by atoms with Crippen LogP contribution in [0.15, 0.2) is 53.5 Å². The third kappa shape index (κ3) is 1.18. The van der Waals surface area contributed by atoms with Gasteiger partial charge in [0.2, 0.25) is 0 Å². The number of hydrogen-bond donors (Lipinski definition) is 0. The fourth-order valence-corrected chi connectivity index (χ4v) is 3.35. The van der Waals surface area contributed by atoms with Crippen LogP contribution in [0.4, 0.5) is 0 Å². The Morgan fingerprint density at radius 1 is 1.11 bits per heavy atom. The van der Waals surface area contributed by atoms with Crippen LogP contribution in [-0.2, 0) is 0 Å². The zero-order chi connectivity index (χ0) is 12.1. The normalized spacial score (nSPS) is 11.6. The standard InChI is InChI=1S/C14H8N2OS/c17-11-8-13-16(14-9(11)4-3-7-15-14)10-5-1-2-6-12(10)18-13/h1-8H. The molecular weight excluding hydrogens is 244 g/mol. The summed E-state index contributed by atoms with van der Waals surface area (Å²) in [6.45, 7) is 0. The van der Waals surface area contributed by atoms with Crippen molar-refractivity contribution >= 4 is 37.4 Å². The Balaban J connectivity index is 2.43. The SMILES string of the molecule is O=c1cc2sc3ccccc3n2c2ncccc12. The molecule has 3 aromatic heterocycles. The summed E-state index contributed by atoms with van der Waals surface area (Å²) in [6, 6.07) is 13.4. The van der Waals surface area contributed by atoms with E-state index >= 15 is 0 Å². The molecule has 4 heteroatoms. The minimum Gasteiger partial charge on any atom is -0.289 e. The average molecular weight is 252 g/mol. The van der Waals surface area contributed by atoms with E-state index in [1.807, 2.05) is 18.2 Å². The molecule has 0 N–H and O–H groups in total. The lowest BCUT2D eigenvalue weighted by atomic mass is 10.2. The Kier molecular flexibility index (Phi) is 1.85. The second-order valence-corrected chi connectivity index (χ2v) is 5.19. The second kappa shape index (κ2) is 3.40. The Morgan fingerprint density at radius 3 is 2.94 bits per heavy atom. The second-order valence-electron chi connectivity index (χ2n) is 4.13. The van der Waals surface area contributed by atoms with Crippen LogP contribution in [-0.4, -0.2) is 9.38 Å². The maximum atomic E-state index is 12.0. The van der Waals surface area contributed by atoms with Gasteiger partial charge in [-0.05, 0) is 24.3 Å². The highest BCUT2D eigenvalue weighted by atomic mass is 32.1. The van der Waals surface area contributed by atoms with Gasteiger partial charge in [-0.1, -0.05) is 12.1 Å². The Bertz CT molecular complexity index is 952. The van der Waals surface area contributed by atoms with E-state index in [0.717, 1.165) is 20.7 Å². The van der Waals surface area contributed by atoms with Crippen molar-refractivity contribution < 1.29 is 0 Å². The largest absolute Gasteiger partial charge is 0.289 e. The molecule has 0 fully saturated rings. The molecule has 4 aromatic rings. The van der Waals surface area contributed by atoms with Gasteiger partial charge in [0.15, 0.2) is 5.43 Å². The minimum atomic E-state index is 0.0321. The van der Waals surface area contributed by atoms with Crippen molar-refractivity contribution in [2.45, 2.75) is 0 Å². The predicted octanol–water partition coefficient (Wildman–Crippen LogP) is 3.06. The molecule has 0 amide bonds. The maximum Gasteiger partial charge on any atom is 0.192 e. The monoisotopic (exact) mass is 252 g/mol. The third-order valence-electron chi connectivity index (χ3n) is 3.06. The van der Waals surface area contributed by atoms with Gasteiger partial charge in [0.25, 0.3) is 0 Å². The van der Waals surface area contributed by atoms with Crippen molar-refractivity contribution in [3.8, 4) is 0 Å². The average Bonchev–Trinajstić information content (AvgIpc) is 2.77. The summed E-state index contributed by atoms with van der Waals surface area (Å²) in [4.78, 5) is 17.3. The molecule has 18 heavy (non-hydrogen) atoms. The van der Waals surface area contributed by atoms with Gasteiger partial charge in [0, 0.05) is 12.3 Å². The molecule has 0 aliphatic heterocycles. The van der Waals surface area contributed by atoms with E-state index in [1.54, 1.807) is 29.7 Å². The van der Waals surface area contributed by atoms with E-state index in [0.29, 0.717) is 5.39 Å². The van der Waals surface area contributed by atoms with Crippen LogP contribution in [0.5, 0.6) is 0 Å². The smallest absolute Gasteiger partial charge is 0.192 e. The van der Waals surface area contributed by atoms with E-state index in [9.17, 15) is 4.79 Å². The Morgan fingerprint density at radius 2 is 2.00 bits per heavy atom. The molecular formula is C14H8N2OS. The lowest BCUT2D eigenvalue weighted by molar-refractivity contribution is 1.24. The first-order valence-electron chi connectivity index (χ1n) is 5.63.